The summed E-state index contributed by atoms with van der Waals surface area (Å²) in [6.45, 7) is 9.95. The molecule has 11 nitrogen and oxygen atoms in total. The highest BCUT2D eigenvalue weighted by Crippen LogP contribution is 2.26. The number of nitrogen functional groups attached to an aromatic ring is 1. The Bertz CT molecular complexity index is 856. The van der Waals surface area contributed by atoms with Crippen LogP contribution in [0.25, 0.3) is 11.2 Å². The van der Waals surface area contributed by atoms with Crippen LogP contribution in [0.1, 0.15) is 53.7 Å². The minimum absolute atomic E-state index is 0.0957. The van der Waals surface area contributed by atoms with Gasteiger partial charge >= 0.3 is 5.97 Å². The van der Waals surface area contributed by atoms with Crippen LogP contribution in [-0.2, 0) is 23.3 Å². The molecule has 3 atom stereocenters. The number of anilines is 1. The standard InChI is InChI=1S/C19H32N5O6P/c1-7-13(10-28-31-27-9-8-14(25)30-19(3,4)5)29-12(2)24-11-21-15-16(24)22-18(20)23-17(15)26-6/h11-13,31H,7-10H2,1-6H3,(H2,20,22,23). The minimum atomic E-state index is -0.498. The molecule has 0 bridgehead atoms. The molecule has 0 aliphatic carbocycles. The van der Waals surface area contributed by atoms with Gasteiger partial charge in [-0.1, -0.05) is 6.92 Å². The van der Waals surface area contributed by atoms with Gasteiger partial charge in [-0.2, -0.15) is 9.97 Å². The zero-order valence-corrected chi connectivity index (χ0v) is 19.9. The van der Waals surface area contributed by atoms with E-state index < -0.39 is 5.60 Å². The van der Waals surface area contributed by atoms with E-state index in [9.17, 15) is 4.79 Å². The Kier molecular flexibility index (Phi) is 9.36. The molecule has 2 heterocycles. The van der Waals surface area contributed by atoms with Crippen molar-refractivity contribution in [3.05, 3.63) is 6.33 Å². The van der Waals surface area contributed by atoms with Crippen LogP contribution in [0.2, 0.25) is 0 Å². The van der Waals surface area contributed by atoms with Gasteiger partial charge in [0.05, 0.1) is 39.2 Å². The SMILES string of the molecule is CCC(COPOCCC(=O)OC(C)(C)C)OC(C)n1cnc2c(OC)nc(N)nc21. The van der Waals surface area contributed by atoms with Gasteiger partial charge < -0.3 is 29.0 Å². The number of rotatable bonds is 12. The maximum Gasteiger partial charge on any atom is 0.308 e. The van der Waals surface area contributed by atoms with Crippen molar-refractivity contribution < 1.29 is 28.1 Å². The average molecular weight is 457 g/mol. The van der Waals surface area contributed by atoms with Crippen LogP contribution >= 0.6 is 9.03 Å². The van der Waals surface area contributed by atoms with Crippen molar-refractivity contribution >= 4 is 32.1 Å². The third-order valence-electron chi connectivity index (χ3n) is 4.05. The van der Waals surface area contributed by atoms with Crippen LogP contribution in [0.15, 0.2) is 6.33 Å². The summed E-state index contributed by atoms with van der Waals surface area (Å²) >= 11 is 0. The van der Waals surface area contributed by atoms with Crippen molar-refractivity contribution in [1.29, 1.82) is 0 Å². The zero-order chi connectivity index (χ0) is 23.0. The molecule has 12 heteroatoms. The third kappa shape index (κ3) is 7.84. The Hall–Kier alpha value is -2.07. The lowest BCUT2D eigenvalue weighted by Gasteiger charge is -2.22. The number of carbonyl (C=O) groups is 1. The molecule has 2 aromatic heterocycles. The zero-order valence-electron chi connectivity index (χ0n) is 18.9. The van der Waals surface area contributed by atoms with Crippen molar-refractivity contribution in [3.63, 3.8) is 0 Å². The van der Waals surface area contributed by atoms with Gasteiger partial charge in [-0.25, -0.2) is 4.98 Å². The first-order valence-corrected chi connectivity index (χ1v) is 10.9. The second-order valence-electron chi connectivity index (χ2n) is 7.76. The molecule has 0 saturated heterocycles. The quantitative estimate of drug-likeness (QED) is 0.288. The fraction of sp³-hybridized carbons (Fsp3) is 0.684. The monoisotopic (exact) mass is 457 g/mol. The van der Waals surface area contributed by atoms with Crippen molar-refractivity contribution in [2.24, 2.45) is 0 Å². The number of nitrogens with zero attached hydrogens (tertiary/aromatic N) is 4. The molecular weight excluding hydrogens is 425 g/mol. The molecular formula is C19H32N5O6P. The van der Waals surface area contributed by atoms with E-state index >= 15 is 0 Å². The number of hydrogen-bond acceptors (Lipinski definition) is 10. The molecule has 0 fully saturated rings. The van der Waals surface area contributed by atoms with Gasteiger partial charge in [-0.05, 0) is 34.1 Å². The smallest absolute Gasteiger partial charge is 0.308 e. The van der Waals surface area contributed by atoms with Gasteiger partial charge in [0.1, 0.15) is 11.8 Å². The molecule has 2 rings (SSSR count). The first-order chi connectivity index (χ1) is 14.6. The molecule has 2 aromatic rings. The highest BCUT2D eigenvalue weighted by molar-refractivity contribution is 7.26. The van der Waals surface area contributed by atoms with E-state index in [0.717, 1.165) is 6.42 Å². The van der Waals surface area contributed by atoms with Crippen molar-refractivity contribution in [3.8, 4) is 5.88 Å². The van der Waals surface area contributed by atoms with E-state index in [1.807, 2.05) is 34.6 Å². The number of carbonyl (C=O) groups excluding carboxylic acids is 1. The van der Waals surface area contributed by atoms with Crippen LogP contribution < -0.4 is 10.5 Å². The molecule has 0 aliphatic rings. The molecule has 0 saturated carbocycles. The van der Waals surface area contributed by atoms with Gasteiger partial charge in [0.15, 0.2) is 20.2 Å². The molecule has 2 N–H and O–H groups in total. The van der Waals surface area contributed by atoms with Crippen LogP contribution in [0.3, 0.4) is 0 Å². The Morgan fingerprint density at radius 2 is 2.03 bits per heavy atom. The number of imidazole rings is 1. The number of nitrogens with two attached hydrogens (primary N) is 1. The second kappa shape index (κ2) is 11.5. The number of fused-ring (bicyclic) bond motifs is 1. The normalized spacial score (nSPS) is 14.3. The largest absolute Gasteiger partial charge is 0.479 e. The van der Waals surface area contributed by atoms with Gasteiger partial charge in [0.2, 0.25) is 11.8 Å². The van der Waals surface area contributed by atoms with Crippen LogP contribution in [0.5, 0.6) is 5.88 Å². The van der Waals surface area contributed by atoms with E-state index in [-0.39, 0.29) is 46.3 Å². The Balaban J connectivity index is 1.80. The van der Waals surface area contributed by atoms with Crippen molar-refractivity contribution in [1.82, 2.24) is 19.5 Å². The summed E-state index contributed by atoms with van der Waals surface area (Å²) < 4.78 is 29.2. The fourth-order valence-corrected chi connectivity index (χ4v) is 3.17. The van der Waals surface area contributed by atoms with Crippen molar-refractivity contribution in [2.75, 3.05) is 26.1 Å². The summed E-state index contributed by atoms with van der Waals surface area (Å²) in [4.78, 5) is 24.2. The lowest BCUT2D eigenvalue weighted by Crippen LogP contribution is -2.24. The van der Waals surface area contributed by atoms with Crippen LogP contribution in [0, 0.1) is 0 Å². The second-order valence-corrected chi connectivity index (χ2v) is 8.50. The molecule has 0 aromatic carbocycles. The fourth-order valence-electron chi connectivity index (χ4n) is 2.65. The van der Waals surface area contributed by atoms with Crippen molar-refractivity contribution in [2.45, 2.75) is 65.4 Å². The Morgan fingerprint density at radius 3 is 2.68 bits per heavy atom. The average Bonchev–Trinajstić information content (AvgIpc) is 3.11. The van der Waals surface area contributed by atoms with Gasteiger partial charge in [-0.3, -0.25) is 9.36 Å². The first-order valence-electron chi connectivity index (χ1n) is 10.0. The summed E-state index contributed by atoms with van der Waals surface area (Å²) in [6, 6.07) is 0. The number of esters is 1. The van der Waals surface area contributed by atoms with Crippen LogP contribution in [0.4, 0.5) is 5.95 Å². The highest BCUT2D eigenvalue weighted by Gasteiger charge is 2.19. The molecule has 3 unspecified atom stereocenters. The lowest BCUT2D eigenvalue weighted by atomic mass is 10.2. The highest BCUT2D eigenvalue weighted by atomic mass is 31.1. The number of hydrogen-bond donors (Lipinski definition) is 1. The van der Waals surface area contributed by atoms with E-state index in [1.165, 1.54) is 7.11 Å². The summed E-state index contributed by atoms with van der Waals surface area (Å²) in [5.74, 6) is 0.112. The third-order valence-corrected chi connectivity index (χ3v) is 4.66. The molecule has 0 amide bonds. The van der Waals surface area contributed by atoms with Gasteiger partial charge in [0, 0.05) is 0 Å². The molecule has 0 spiro atoms. The summed E-state index contributed by atoms with van der Waals surface area (Å²) in [5.41, 5.74) is 6.30. The number of methoxy groups -OCH3 is 1. The van der Waals surface area contributed by atoms with Crippen LogP contribution in [-0.4, -0.2) is 57.5 Å². The van der Waals surface area contributed by atoms with Gasteiger partial charge in [0.25, 0.3) is 0 Å². The maximum atomic E-state index is 11.6. The number of aromatic nitrogens is 4. The molecule has 0 aliphatic heterocycles. The van der Waals surface area contributed by atoms with E-state index in [4.69, 9.17) is 29.0 Å². The predicted molar refractivity (Wildman–Crippen MR) is 117 cm³/mol. The Morgan fingerprint density at radius 1 is 1.29 bits per heavy atom. The van der Waals surface area contributed by atoms with E-state index in [0.29, 0.717) is 23.7 Å². The summed E-state index contributed by atoms with van der Waals surface area (Å²) in [7, 11) is 1.31. The first kappa shape index (κ1) is 25.2. The summed E-state index contributed by atoms with van der Waals surface area (Å²) in [5, 5.41) is 0. The molecule has 0 radical (unpaired) electrons. The molecule has 31 heavy (non-hydrogen) atoms. The molecule has 174 valence electrons. The topological polar surface area (TPSA) is 133 Å². The minimum Gasteiger partial charge on any atom is -0.479 e. The van der Waals surface area contributed by atoms with E-state index in [2.05, 4.69) is 15.0 Å². The predicted octanol–water partition coefficient (Wildman–Crippen LogP) is 3.00. The summed E-state index contributed by atoms with van der Waals surface area (Å²) in [6.07, 6.45) is 1.99. The maximum absolute atomic E-state index is 11.6. The number of ether oxygens (including phenoxy) is 3. The lowest BCUT2D eigenvalue weighted by molar-refractivity contribution is -0.155. The Labute approximate surface area is 183 Å². The van der Waals surface area contributed by atoms with E-state index in [1.54, 1.807) is 10.9 Å². The van der Waals surface area contributed by atoms with Gasteiger partial charge in [-0.15, -0.1) is 0 Å².